The zero-order valence-corrected chi connectivity index (χ0v) is 16.6. The summed E-state index contributed by atoms with van der Waals surface area (Å²) in [5.74, 6) is 1.17. The van der Waals surface area contributed by atoms with Crippen molar-refractivity contribution in [3.63, 3.8) is 0 Å². The van der Waals surface area contributed by atoms with Crippen molar-refractivity contribution in [2.24, 2.45) is 0 Å². The van der Waals surface area contributed by atoms with Gasteiger partial charge in [0.2, 0.25) is 0 Å². The lowest BCUT2D eigenvalue weighted by Gasteiger charge is -2.26. The molecule has 4 rings (SSSR count). The molecular weight excluding hydrogens is 380 g/mol. The highest BCUT2D eigenvalue weighted by Gasteiger charge is 2.14. The summed E-state index contributed by atoms with van der Waals surface area (Å²) in [6, 6.07) is 24.2. The van der Waals surface area contributed by atoms with E-state index in [0.29, 0.717) is 17.3 Å². The number of hydrogen-bond acceptors (Lipinski definition) is 7. The van der Waals surface area contributed by atoms with Crippen LogP contribution in [0.5, 0.6) is 0 Å². The van der Waals surface area contributed by atoms with Gasteiger partial charge in [0.05, 0.1) is 11.4 Å². The molecule has 0 saturated carbocycles. The summed E-state index contributed by atoms with van der Waals surface area (Å²) in [5.41, 5.74) is 12.2. The van der Waals surface area contributed by atoms with Crippen LogP contribution in [0.15, 0.2) is 84.5 Å². The SMILES string of the molecule is Nc1c(NCCc2cccs2)ncnc1NN(c1ccccc1)c1ccccc1. The summed E-state index contributed by atoms with van der Waals surface area (Å²) in [7, 11) is 0. The van der Waals surface area contributed by atoms with Crippen LogP contribution in [-0.2, 0) is 6.42 Å². The third-order valence-electron chi connectivity index (χ3n) is 4.37. The monoisotopic (exact) mass is 402 g/mol. The number of anilines is 5. The smallest absolute Gasteiger partial charge is 0.173 e. The molecule has 2 aromatic carbocycles. The molecule has 0 unspecified atom stereocenters. The molecule has 0 atom stereocenters. The molecule has 7 heteroatoms. The number of hydrogen-bond donors (Lipinski definition) is 3. The molecule has 2 aromatic heterocycles. The number of rotatable bonds is 8. The number of nitrogens with two attached hydrogens (primary N) is 1. The molecule has 0 amide bonds. The summed E-state index contributed by atoms with van der Waals surface area (Å²) in [4.78, 5) is 9.99. The maximum absolute atomic E-state index is 6.37. The molecular formula is C22H22N6S. The van der Waals surface area contributed by atoms with Crippen molar-refractivity contribution in [1.82, 2.24) is 9.97 Å². The highest BCUT2D eigenvalue weighted by atomic mass is 32.1. The molecule has 0 aliphatic carbocycles. The Kier molecular flexibility index (Phi) is 5.87. The maximum atomic E-state index is 6.37. The van der Waals surface area contributed by atoms with E-state index in [1.54, 1.807) is 11.3 Å². The molecule has 0 aliphatic heterocycles. The molecule has 0 aliphatic rings. The first kappa shape index (κ1) is 18.8. The van der Waals surface area contributed by atoms with Gasteiger partial charge < -0.3 is 11.1 Å². The first-order chi connectivity index (χ1) is 14.3. The Labute approximate surface area is 174 Å². The second-order valence-electron chi connectivity index (χ2n) is 6.36. The Hall–Kier alpha value is -3.58. The quantitative estimate of drug-likeness (QED) is 0.362. The fraction of sp³-hybridized carbons (Fsp3) is 0.0909. The van der Waals surface area contributed by atoms with Crippen molar-refractivity contribution < 1.29 is 0 Å². The molecule has 4 aromatic rings. The summed E-state index contributed by atoms with van der Waals surface area (Å²) in [6.45, 7) is 0.752. The minimum Gasteiger partial charge on any atom is -0.393 e. The van der Waals surface area contributed by atoms with Crippen LogP contribution < -0.4 is 21.5 Å². The summed E-state index contributed by atoms with van der Waals surface area (Å²) >= 11 is 1.75. The number of hydrazine groups is 1. The molecule has 146 valence electrons. The standard InChI is InChI=1S/C22H22N6S/c23-20-21(24-14-13-19-12-7-15-29-19)25-16-26-22(20)27-28(17-8-3-1-4-9-17)18-10-5-2-6-11-18/h1-12,15-16H,13-14,23H2,(H2,24,25,26,27). The lowest BCUT2D eigenvalue weighted by atomic mass is 10.2. The lowest BCUT2D eigenvalue weighted by Crippen LogP contribution is -2.26. The van der Waals surface area contributed by atoms with Gasteiger partial charge in [-0.1, -0.05) is 42.5 Å². The van der Waals surface area contributed by atoms with Crippen LogP contribution in [-0.4, -0.2) is 16.5 Å². The third-order valence-corrected chi connectivity index (χ3v) is 5.31. The first-order valence-electron chi connectivity index (χ1n) is 9.35. The minimum absolute atomic E-state index is 0.482. The summed E-state index contributed by atoms with van der Waals surface area (Å²) < 4.78 is 0. The normalized spacial score (nSPS) is 10.5. The van der Waals surface area contributed by atoms with Crippen LogP contribution in [0, 0.1) is 0 Å². The molecule has 6 nitrogen and oxygen atoms in total. The topological polar surface area (TPSA) is 79.1 Å². The molecule has 0 fully saturated rings. The Balaban J connectivity index is 1.54. The second kappa shape index (κ2) is 9.07. The molecule has 2 heterocycles. The van der Waals surface area contributed by atoms with Crippen molar-refractivity contribution in [3.8, 4) is 0 Å². The Morgan fingerprint density at radius 2 is 1.48 bits per heavy atom. The number of benzene rings is 2. The molecule has 0 radical (unpaired) electrons. The fourth-order valence-corrected chi connectivity index (χ4v) is 3.63. The van der Waals surface area contributed by atoms with Crippen LogP contribution in [0.4, 0.5) is 28.7 Å². The number of nitrogens with zero attached hydrogens (tertiary/aromatic N) is 3. The number of nitrogen functional groups attached to an aromatic ring is 1. The van der Waals surface area contributed by atoms with E-state index in [4.69, 9.17) is 5.73 Å². The van der Waals surface area contributed by atoms with Crippen molar-refractivity contribution in [1.29, 1.82) is 0 Å². The van der Waals surface area contributed by atoms with Crippen LogP contribution in [0.2, 0.25) is 0 Å². The predicted molar refractivity (Wildman–Crippen MR) is 122 cm³/mol. The molecule has 4 N–H and O–H groups in total. The minimum atomic E-state index is 0.482. The average Bonchev–Trinajstić information content (AvgIpc) is 3.29. The van der Waals surface area contributed by atoms with E-state index in [-0.39, 0.29) is 0 Å². The number of aromatic nitrogens is 2. The van der Waals surface area contributed by atoms with Crippen molar-refractivity contribution >= 4 is 40.0 Å². The average molecular weight is 403 g/mol. The van der Waals surface area contributed by atoms with Gasteiger partial charge >= 0.3 is 0 Å². The number of thiophene rings is 1. The molecule has 0 saturated heterocycles. The van der Waals surface area contributed by atoms with E-state index < -0.39 is 0 Å². The Morgan fingerprint density at radius 1 is 0.828 bits per heavy atom. The van der Waals surface area contributed by atoms with Gasteiger partial charge in [-0.05, 0) is 42.1 Å². The van der Waals surface area contributed by atoms with Crippen LogP contribution >= 0.6 is 11.3 Å². The van der Waals surface area contributed by atoms with E-state index in [1.807, 2.05) is 65.7 Å². The number of para-hydroxylation sites is 2. The molecule has 29 heavy (non-hydrogen) atoms. The van der Waals surface area contributed by atoms with Crippen molar-refractivity contribution in [3.05, 3.63) is 89.4 Å². The van der Waals surface area contributed by atoms with Gasteiger partial charge in [0.15, 0.2) is 11.6 Å². The summed E-state index contributed by atoms with van der Waals surface area (Å²) in [5, 5.41) is 7.35. The highest BCUT2D eigenvalue weighted by Crippen LogP contribution is 2.29. The van der Waals surface area contributed by atoms with Crippen LogP contribution in [0.1, 0.15) is 4.88 Å². The lowest BCUT2D eigenvalue weighted by molar-refractivity contribution is 1.02. The number of nitrogens with one attached hydrogen (secondary N) is 2. The first-order valence-corrected chi connectivity index (χ1v) is 10.2. The van der Waals surface area contributed by atoms with Crippen molar-refractivity contribution in [2.45, 2.75) is 6.42 Å². The largest absolute Gasteiger partial charge is 0.393 e. The zero-order chi connectivity index (χ0) is 19.9. The molecule has 0 spiro atoms. The van der Waals surface area contributed by atoms with Gasteiger partial charge in [0.25, 0.3) is 0 Å². The van der Waals surface area contributed by atoms with Crippen molar-refractivity contribution in [2.75, 3.05) is 28.0 Å². The fourth-order valence-electron chi connectivity index (χ4n) is 2.92. The maximum Gasteiger partial charge on any atom is 0.173 e. The van der Waals surface area contributed by atoms with Gasteiger partial charge in [0, 0.05) is 11.4 Å². The third kappa shape index (κ3) is 4.64. The second-order valence-corrected chi connectivity index (χ2v) is 7.39. The van der Waals surface area contributed by atoms with Crippen LogP contribution in [0.25, 0.3) is 0 Å². The zero-order valence-electron chi connectivity index (χ0n) is 15.8. The van der Waals surface area contributed by atoms with E-state index in [9.17, 15) is 0 Å². The van der Waals surface area contributed by atoms with Gasteiger partial charge in [-0.3, -0.25) is 10.4 Å². The van der Waals surface area contributed by atoms with Gasteiger partial charge in [0.1, 0.15) is 12.0 Å². The predicted octanol–water partition coefficient (Wildman–Crippen LogP) is 4.94. The van der Waals surface area contributed by atoms with Gasteiger partial charge in [-0.25, -0.2) is 9.97 Å². The Morgan fingerprint density at radius 3 is 2.10 bits per heavy atom. The van der Waals surface area contributed by atoms with E-state index in [2.05, 4.69) is 38.2 Å². The Bertz CT molecular complexity index is 982. The molecule has 0 bridgehead atoms. The summed E-state index contributed by atoms with van der Waals surface area (Å²) in [6.07, 6.45) is 2.43. The van der Waals surface area contributed by atoms with E-state index >= 15 is 0 Å². The van der Waals surface area contributed by atoms with E-state index in [0.717, 1.165) is 24.3 Å². The van der Waals surface area contributed by atoms with Gasteiger partial charge in [-0.2, -0.15) is 0 Å². The van der Waals surface area contributed by atoms with E-state index in [1.165, 1.54) is 11.2 Å². The highest BCUT2D eigenvalue weighted by molar-refractivity contribution is 7.09. The van der Waals surface area contributed by atoms with Gasteiger partial charge in [-0.15, -0.1) is 11.3 Å². The van der Waals surface area contributed by atoms with Crippen LogP contribution in [0.3, 0.4) is 0 Å².